The van der Waals surface area contributed by atoms with Crippen molar-refractivity contribution in [2.75, 3.05) is 70.6 Å². The molecule has 4 aliphatic heterocycles. The minimum Gasteiger partial charge on any atom is -0.494 e. The fourth-order valence-corrected chi connectivity index (χ4v) is 8.09. The molecule has 2 unspecified atom stereocenters. The number of aliphatic hydroxyl groups excluding tert-OH is 1. The molecular formula is C35H50N4O7. The average molecular weight is 639 g/mol. The number of morpholine rings is 1. The van der Waals surface area contributed by atoms with Gasteiger partial charge in [-0.25, -0.2) is 0 Å². The van der Waals surface area contributed by atoms with Crippen LogP contribution in [0.4, 0.5) is 5.69 Å². The Kier molecular flexibility index (Phi) is 10.6. The molecule has 2 bridgehead atoms. The average Bonchev–Trinajstić information content (AvgIpc) is 3.69. The molecular weight excluding hydrogens is 588 g/mol. The van der Waals surface area contributed by atoms with E-state index in [1.807, 2.05) is 38.1 Å². The smallest absolute Gasteiger partial charge is 0.248 e. The zero-order chi connectivity index (χ0) is 33.1. The summed E-state index contributed by atoms with van der Waals surface area (Å²) in [5.74, 6) is -1.76. The van der Waals surface area contributed by atoms with Crippen molar-refractivity contribution in [3.63, 3.8) is 0 Å². The molecule has 252 valence electrons. The Balaban J connectivity index is 1.51. The second-order valence-corrected chi connectivity index (χ2v) is 12.8. The van der Waals surface area contributed by atoms with Crippen LogP contribution in [0.2, 0.25) is 0 Å². The minimum absolute atomic E-state index is 0.231. The summed E-state index contributed by atoms with van der Waals surface area (Å²) in [5.41, 5.74) is -1.42. The highest BCUT2D eigenvalue weighted by Gasteiger charge is 2.79. The van der Waals surface area contributed by atoms with Gasteiger partial charge >= 0.3 is 0 Å². The van der Waals surface area contributed by atoms with E-state index in [4.69, 9.17) is 14.2 Å². The van der Waals surface area contributed by atoms with Crippen molar-refractivity contribution in [3.8, 4) is 5.75 Å². The van der Waals surface area contributed by atoms with Crippen molar-refractivity contribution in [1.82, 2.24) is 14.7 Å². The van der Waals surface area contributed by atoms with E-state index in [0.29, 0.717) is 70.2 Å². The summed E-state index contributed by atoms with van der Waals surface area (Å²) in [6.07, 6.45) is 4.91. The van der Waals surface area contributed by atoms with E-state index in [1.165, 1.54) is 4.90 Å². The van der Waals surface area contributed by atoms with Crippen LogP contribution in [0.5, 0.6) is 5.75 Å². The van der Waals surface area contributed by atoms with Crippen LogP contribution in [0.15, 0.2) is 49.6 Å². The summed E-state index contributed by atoms with van der Waals surface area (Å²) in [6, 6.07) is 5.70. The van der Waals surface area contributed by atoms with Crippen molar-refractivity contribution in [2.45, 2.75) is 63.3 Å². The fraction of sp³-hybridized carbons (Fsp3) is 0.629. The molecule has 0 saturated carbocycles. The number of hydrogen-bond donors (Lipinski definition) is 1. The summed E-state index contributed by atoms with van der Waals surface area (Å²) in [4.78, 5) is 51.2. The number of aliphatic hydroxyl groups is 1. The van der Waals surface area contributed by atoms with Gasteiger partial charge in [-0.2, -0.15) is 0 Å². The molecule has 4 heterocycles. The Labute approximate surface area is 272 Å². The van der Waals surface area contributed by atoms with Gasteiger partial charge in [0, 0.05) is 45.0 Å². The van der Waals surface area contributed by atoms with Gasteiger partial charge in [0.05, 0.1) is 49.9 Å². The van der Waals surface area contributed by atoms with E-state index in [0.717, 1.165) is 13.1 Å². The van der Waals surface area contributed by atoms with Crippen LogP contribution in [-0.2, 0) is 23.9 Å². The van der Waals surface area contributed by atoms with Crippen LogP contribution in [0.3, 0.4) is 0 Å². The summed E-state index contributed by atoms with van der Waals surface area (Å²) in [7, 11) is 0. The quantitative estimate of drug-likeness (QED) is 0.292. The van der Waals surface area contributed by atoms with E-state index in [-0.39, 0.29) is 30.9 Å². The molecule has 6 atom stereocenters. The van der Waals surface area contributed by atoms with Crippen molar-refractivity contribution < 1.29 is 33.7 Å². The lowest BCUT2D eigenvalue weighted by molar-refractivity contribution is -0.155. The molecule has 4 fully saturated rings. The van der Waals surface area contributed by atoms with Gasteiger partial charge in [0.25, 0.3) is 0 Å². The molecule has 5 rings (SSSR count). The number of fused-ring (bicyclic) bond motifs is 1. The van der Waals surface area contributed by atoms with Gasteiger partial charge in [0.1, 0.15) is 17.4 Å². The van der Waals surface area contributed by atoms with Gasteiger partial charge in [-0.1, -0.05) is 19.1 Å². The molecule has 4 saturated heterocycles. The van der Waals surface area contributed by atoms with Gasteiger partial charge in [-0.3, -0.25) is 19.3 Å². The Morgan fingerprint density at radius 1 is 1.11 bits per heavy atom. The monoisotopic (exact) mass is 638 g/mol. The van der Waals surface area contributed by atoms with E-state index in [1.54, 1.807) is 28.9 Å². The number of anilines is 1. The Bertz CT molecular complexity index is 1280. The number of ether oxygens (including phenoxy) is 3. The van der Waals surface area contributed by atoms with E-state index in [2.05, 4.69) is 18.1 Å². The molecule has 3 amide bonds. The third-order valence-electron chi connectivity index (χ3n) is 10.3. The summed E-state index contributed by atoms with van der Waals surface area (Å²) in [6.45, 7) is 18.2. The van der Waals surface area contributed by atoms with Crippen LogP contribution in [-0.4, -0.2) is 127 Å². The SMILES string of the molecule is C=CCN(CCN1CCOCC1)C(=O)C1N([C@H](C)CO)C(=O)[C@@H]2[C@@H](C(=O)N(CC=C)c3ccc(OCC)cc3)[C@@]3(CC)CCC12O3. The largest absolute Gasteiger partial charge is 0.494 e. The molecule has 46 heavy (non-hydrogen) atoms. The topological polar surface area (TPSA) is 112 Å². The standard InChI is InChI=1S/C35H50N4O7/c1-6-16-37(19-18-36-20-22-44-23-21-36)33(43)30-35-15-14-34(8-3,46-35)28(29(35)32(42)39(30)25(5)24-40)31(41)38(17-7-2)26-10-12-27(13-11-26)45-9-4/h6-7,10-13,25,28-30,40H,1-2,8-9,14-24H2,3-5H3/t25-,28+,29+,30?,34-,35?/m1/s1. The lowest BCUT2D eigenvalue weighted by Crippen LogP contribution is -2.59. The highest BCUT2D eigenvalue weighted by atomic mass is 16.5. The first kappa shape index (κ1) is 34.1. The molecule has 1 spiro atoms. The van der Waals surface area contributed by atoms with Gasteiger partial charge in [-0.05, 0) is 57.4 Å². The molecule has 0 radical (unpaired) electrons. The van der Waals surface area contributed by atoms with Gasteiger partial charge in [0.2, 0.25) is 17.7 Å². The Morgan fingerprint density at radius 3 is 2.41 bits per heavy atom. The van der Waals surface area contributed by atoms with Crippen LogP contribution >= 0.6 is 0 Å². The lowest BCUT2D eigenvalue weighted by Gasteiger charge is -2.39. The third-order valence-corrected chi connectivity index (χ3v) is 10.3. The van der Waals surface area contributed by atoms with Crippen molar-refractivity contribution >= 4 is 23.4 Å². The number of rotatable bonds is 15. The van der Waals surface area contributed by atoms with E-state index >= 15 is 0 Å². The Hall–Kier alpha value is -3.25. The third kappa shape index (κ3) is 5.87. The molecule has 1 N–H and O–H groups in total. The maximum absolute atomic E-state index is 14.7. The van der Waals surface area contributed by atoms with Crippen molar-refractivity contribution in [1.29, 1.82) is 0 Å². The number of carbonyl (C=O) groups is 3. The van der Waals surface area contributed by atoms with Crippen LogP contribution in [0.1, 0.15) is 40.0 Å². The summed E-state index contributed by atoms with van der Waals surface area (Å²) >= 11 is 0. The predicted molar refractivity (Wildman–Crippen MR) is 174 cm³/mol. The summed E-state index contributed by atoms with van der Waals surface area (Å²) in [5, 5.41) is 10.3. The predicted octanol–water partition coefficient (Wildman–Crippen LogP) is 2.49. The van der Waals surface area contributed by atoms with Gasteiger partial charge in [0.15, 0.2) is 0 Å². The number of hydrogen-bond acceptors (Lipinski definition) is 8. The first-order valence-corrected chi connectivity index (χ1v) is 16.7. The highest BCUT2D eigenvalue weighted by molar-refractivity contribution is 6.03. The molecule has 1 aromatic rings. The molecule has 1 aromatic carbocycles. The molecule has 0 aliphatic carbocycles. The second-order valence-electron chi connectivity index (χ2n) is 12.8. The zero-order valence-corrected chi connectivity index (χ0v) is 27.6. The van der Waals surface area contributed by atoms with Crippen LogP contribution in [0, 0.1) is 11.8 Å². The number of benzene rings is 1. The minimum atomic E-state index is -1.19. The van der Waals surface area contributed by atoms with E-state index < -0.39 is 35.1 Å². The van der Waals surface area contributed by atoms with Crippen LogP contribution < -0.4 is 9.64 Å². The summed E-state index contributed by atoms with van der Waals surface area (Å²) < 4.78 is 18.1. The normalized spacial score (nSPS) is 29.3. The number of likely N-dealkylation sites (tertiary alicyclic amines) is 1. The maximum atomic E-state index is 14.7. The lowest BCUT2D eigenvalue weighted by atomic mass is 9.64. The fourth-order valence-electron chi connectivity index (χ4n) is 8.09. The molecule has 11 heteroatoms. The number of carbonyl (C=O) groups excluding carboxylic acids is 3. The van der Waals surface area contributed by atoms with Crippen molar-refractivity contribution in [2.24, 2.45) is 11.8 Å². The first-order valence-electron chi connectivity index (χ1n) is 16.7. The molecule has 11 nitrogen and oxygen atoms in total. The van der Waals surface area contributed by atoms with Gasteiger partial charge in [-0.15, -0.1) is 13.2 Å². The zero-order valence-electron chi connectivity index (χ0n) is 27.6. The molecule has 0 aromatic heterocycles. The van der Waals surface area contributed by atoms with E-state index in [9.17, 15) is 19.5 Å². The Morgan fingerprint density at radius 2 is 1.80 bits per heavy atom. The number of amides is 3. The second kappa shape index (κ2) is 14.3. The van der Waals surface area contributed by atoms with Crippen molar-refractivity contribution in [3.05, 3.63) is 49.6 Å². The number of nitrogens with zero attached hydrogens (tertiary/aromatic N) is 4. The highest BCUT2D eigenvalue weighted by Crippen LogP contribution is 2.65. The van der Waals surface area contributed by atoms with Gasteiger partial charge < -0.3 is 34.0 Å². The maximum Gasteiger partial charge on any atom is 0.248 e. The van der Waals surface area contributed by atoms with Crippen LogP contribution in [0.25, 0.3) is 0 Å². The first-order chi connectivity index (χ1) is 22.2. The molecule has 4 aliphatic rings.